The second kappa shape index (κ2) is 8.82. The number of nitrogens with zero attached hydrogens (tertiary/aromatic N) is 3. The highest BCUT2D eigenvalue weighted by atomic mass is 16.6. The summed E-state index contributed by atoms with van der Waals surface area (Å²) in [6.45, 7) is 3.57. The molecule has 1 aromatic heterocycles. The predicted molar refractivity (Wildman–Crippen MR) is 97.1 cm³/mol. The number of carbonyl (C=O) groups is 3. The van der Waals surface area contributed by atoms with Crippen molar-refractivity contribution in [3.05, 3.63) is 36.5 Å². The fraction of sp³-hybridized carbons (Fsp3) is 0.421. The zero-order chi connectivity index (χ0) is 21.0. The molecule has 0 spiro atoms. The molecule has 10 heteroatoms. The summed E-state index contributed by atoms with van der Waals surface area (Å²) >= 11 is 0. The Bertz CT molecular complexity index is 883. The molecule has 2 aromatic rings. The fourth-order valence-electron chi connectivity index (χ4n) is 3.09. The van der Waals surface area contributed by atoms with E-state index in [0.29, 0.717) is 5.69 Å². The standard InChI is InChI=1S/C19H21N3O7/c1-11(23)27-16-10-26-19(18(29-13(3)25)17(16)28-12(2)24)22-9-15(20-21-22)14-7-5-4-6-8-14/h4-9,16-19H,10H2,1-3H3/t16-,17+,18-,19-/m1/s1. The van der Waals surface area contributed by atoms with Gasteiger partial charge in [0.25, 0.3) is 0 Å². The van der Waals surface area contributed by atoms with Gasteiger partial charge in [0.05, 0.1) is 12.8 Å². The quantitative estimate of drug-likeness (QED) is 0.537. The van der Waals surface area contributed by atoms with Crippen molar-refractivity contribution in [2.45, 2.75) is 45.3 Å². The van der Waals surface area contributed by atoms with E-state index in [1.807, 2.05) is 30.3 Å². The summed E-state index contributed by atoms with van der Waals surface area (Å²) in [4.78, 5) is 34.8. The Labute approximate surface area is 166 Å². The molecule has 1 saturated heterocycles. The number of esters is 3. The molecule has 1 fully saturated rings. The van der Waals surface area contributed by atoms with E-state index >= 15 is 0 Å². The Morgan fingerprint density at radius 2 is 1.59 bits per heavy atom. The largest absolute Gasteiger partial charge is 0.456 e. The molecular weight excluding hydrogens is 382 g/mol. The van der Waals surface area contributed by atoms with E-state index in [4.69, 9.17) is 18.9 Å². The number of aromatic nitrogens is 3. The molecule has 1 aliphatic rings. The van der Waals surface area contributed by atoms with Gasteiger partial charge in [-0.05, 0) is 0 Å². The van der Waals surface area contributed by atoms with Crippen molar-refractivity contribution < 1.29 is 33.3 Å². The maximum absolute atomic E-state index is 11.7. The zero-order valence-electron chi connectivity index (χ0n) is 16.2. The molecule has 10 nitrogen and oxygen atoms in total. The minimum atomic E-state index is -1.10. The van der Waals surface area contributed by atoms with Crippen LogP contribution in [0.1, 0.15) is 27.0 Å². The molecular formula is C19H21N3O7. The monoisotopic (exact) mass is 403 g/mol. The van der Waals surface area contributed by atoms with Crippen molar-refractivity contribution in [3.63, 3.8) is 0 Å². The Hall–Kier alpha value is -3.27. The number of benzene rings is 1. The molecule has 0 amide bonds. The van der Waals surface area contributed by atoms with Crippen LogP contribution in [-0.2, 0) is 33.3 Å². The Morgan fingerprint density at radius 3 is 2.21 bits per heavy atom. The Morgan fingerprint density at radius 1 is 0.966 bits per heavy atom. The van der Waals surface area contributed by atoms with Crippen molar-refractivity contribution in [2.75, 3.05) is 6.61 Å². The SMILES string of the molecule is CC(=O)O[C@@H]1[C@@H](OC(C)=O)[C@H](OC(C)=O)CO[C@H]1n1cc(-c2ccccc2)nn1. The van der Waals surface area contributed by atoms with Gasteiger partial charge >= 0.3 is 17.9 Å². The molecule has 0 radical (unpaired) electrons. The second-order valence-electron chi connectivity index (χ2n) is 6.47. The van der Waals surface area contributed by atoms with Gasteiger partial charge in [0.1, 0.15) is 5.69 Å². The molecule has 4 atom stereocenters. The van der Waals surface area contributed by atoms with Crippen molar-refractivity contribution in [1.29, 1.82) is 0 Å². The molecule has 0 unspecified atom stereocenters. The second-order valence-corrected chi connectivity index (χ2v) is 6.47. The van der Waals surface area contributed by atoms with Gasteiger partial charge in [-0.15, -0.1) is 5.10 Å². The van der Waals surface area contributed by atoms with Crippen molar-refractivity contribution in [1.82, 2.24) is 15.0 Å². The van der Waals surface area contributed by atoms with Gasteiger partial charge in [0.15, 0.2) is 24.5 Å². The lowest BCUT2D eigenvalue weighted by Crippen LogP contribution is -2.55. The van der Waals surface area contributed by atoms with Gasteiger partial charge in [-0.3, -0.25) is 14.4 Å². The highest BCUT2D eigenvalue weighted by Gasteiger charge is 2.48. The number of hydrogen-bond donors (Lipinski definition) is 0. The lowest BCUT2D eigenvalue weighted by Gasteiger charge is -2.40. The van der Waals surface area contributed by atoms with E-state index in [1.165, 1.54) is 25.5 Å². The zero-order valence-corrected chi connectivity index (χ0v) is 16.2. The molecule has 154 valence electrons. The molecule has 1 aliphatic heterocycles. The third kappa shape index (κ3) is 4.96. The average molecular weight is 403 g/mol. The van der Waals surface area contributed by atoms with Gasteiger partial charge in [0.2, 0.25) is 0 Å². The van der Waals surface area contributed by atoms with Crippen LogP contribution < -0.4 is 0 Å². The van der Waals surface area contributed by atoms with Gasteiger partial charge in [-0.2, -0.15) is 0 Å². The van der Waals surface area contributed by atoms with Crippen molar-refractivity contribution in [2.24, 2.45) is 0 Å². The normalized spacial score (nSPS) is 23.8. The Balaban J connectivity index is 1.92. The molecule has 0 aliphatic carbocycles. The van der Waals surface area contributed by atoms with Crippen LogP contribution in [-0.4, -0.2) is 57.8 Å². The van der Waals surface area contributed by atoms with Crippen LogP contribution in [0.25, 0.3) is 11.3 Å². The van der Waals surface area contributed by atoms with Crippen LogP contribution in [0.2, 0.25) is 0 Å². The molecule has 0 bridgehead atoms. The molecule has 3 rings (SSSR count). The summed E-state index contributed by atoms with van der Waals surface area (Å²) in [6.07, 6.45) is -2.40. The maximum Gasteiger partial charge on any atom is 0.303 e. The van der Waals surface area contributed by atoms with Crippen LogP contribution in [0.4, 0.5) is 0 Å². The first-order valence-corrected chi connectivity index (χ1v) is 8.95. The lowest BCUT2D eigenvalue weighted by atomic mass is 10.0. The average Bonchev–Trinajstić information content (AvgIpc) is 3.14. The third-order valence-corrected chi connectivity index (χ3v) is 4.16. The van der Waals surface area contributed by atoms with Crippen LogP contribution in [0, 0.1) is 0 Å². The van der Waals surface area contributed by atoms with E-state index in [2.05, 4.69) is 10.3 Å². The minimum absolute atomic E-state index is 0.0828. The van der Waals surface area contributed by atoms with E-state index in [9.17, 15) is 14.4 Å². The number of rotatable bonds is 5. The summed E-state index contributed by atoms with van der Waals surface area (Å²) in [5.74, 6) is -1.82. The van der Waals surface area contributed by atoms with E-state index in [1.54, 1.807) is 6.20 Å². The highest BCUT2D eigenvalue weighted by molar-refractivity contribution is 5.68. The predicted octanol–water partition coefficient (Wildman–Crippen LogP) is 1.27. The molecule has 0 saturated carbocycles. The van der Waals surface area contributed by atoms with Gasteiger partial charge in [-0.1, -0.05) is 35.5 Å². The number of ether oxygens (including phenoxy) is 4. The van der Waals surface area contributed by atoms with Crippen LogP contribution in [0.3, 0.4) is 0 Å². The summed E-state index contributed by atoms with van der Waals surface area (Å²) in [5.41, 5.74) is 1.43. The molecule has 1 aromatic carbocycles. The van der Waals surface area contributed by atoms with Gasteiger partial charge in [0, 0.05) is 26.3 Å². The first-order chi connectivity index (χ1) is 13.8. The lowest BCUT2D eigenvalue weighted by molar-refractivity contribution is -0.241. The van der Waals surface area contributed by atoms with Crippen LogP contribution in [0.5, 0.6) is 0 Å². The number of carbonyl (C=O) groups excluding carboxylic acids is 3. The Kier molecular flexibility index (Phi) is 6.23. The number of hydrogen-bond acceptors (Lipinski definition) is 9. The highest BCUT2D eigenvalue weighted by Crippen LogP contribution is 2.31. The third-order valence-electron chi connectivity index (χ3n) is 4.16. The smallest absolute Gasteiger partial charge is 0.303 e. The van der Waals surface area contributed by atoms with Crippen LogP contribution >= 0.6 is 0 Å². The topological polar surface area (TPSA) is 119 Å². The van der Waals surface area contributed by atoms with E-state index < -0.39 is 42.4 Å². The van der Waals surface area contributed by atoms with Crippen molar-refractivity contribution in [3.8, 4) is 11.3 Å². The summed E-state index contributed by atoms with van der Waals surface area (Å²) in [7, 11) is 0. The van der Waals surface area contributed by atoms with Crippen LogP contribution in [0.15, 0.2) is 36.5 Å². The van der Waals surface area contributed by atoms with E-state index in [-0.39, 0.29) is 6.61 Å². The summed E-state index contributed by atoms with van der Waals surface area (Å²) in [5, 5.41) is 8.20. The molecule has 2 heterocycles. The molecule has 29 heavy (non-hydrogen) atoms. The van der Waals surface area contributed by atoms with Gasteiger partial charge < -0.3 is 18.9 Å². The maximum atomic E-state index is 11.7. The summed E-state index contributed by atoms with van der Waals surface area (Å²) in [6, 6.07) is 9.37. The first kappa shape index (κ1) is 20.5. The van der Waals surface area contributed by atoms with Gasteiger partial charge in [-0.25, -0.2) is 4.68 Å². The summed E-state index contributed by atoms with van der Waals surface area (Å²) < 4.78 is 23.1. The van der Waals surface area contributed by atoms with E-state index in [0.717, 1.165) is 5.56 Å². The van der Waals surface area contributed by atoms with Crippen molar-refractivity contribution >= 4 is 17.9 Å². The fourth-order valence-corrected chi connectivity index (χ4v) is 3.09. The molecule has 0 N–H and O–H groups in total. The minimum Gasteiger partial charge on any atom is -0.456 e. The first-order valence-electron chi connectivity index (χ1n) is 8.95.